The molecule has 2 aromatic carbocycles. The number of benzene rings is 2. The van der Waals surface area contributed by atoms with E-state index in [1.54, 1.807) is 7.11 Å². The fourth-order valence-corrected chi connectivity index (χ4v) is 4.29. The number of nitrogens with one attached hydrogen (secondary N) is 1. The van der Waals surface area contributed by atoms with E-state index < -0.39 is 0 Å². The summed E-state index contributed by atoms with van der Waals surface area (Å²) in [5.41, 5.74) is 3.05. The summed E-state index contributed by atoms with van der Waals surface area (Å²) in [5, 5.41) is 2.62. The zero-order valence-electron chi connectivity index (χ0n) is 17.2. The van der Waals surface area contributed by atoms with Crippen molar-refractivity contribution in [3.8, 4) is 5.75 Å². The Morgan fingerprint density at radius 2 is 1.86 bits per heavy atom. The Morgan fingerprint density at radius 3 is 2.52 bits per heavy atom. The quantitative estimate of drug-likeness (QED) is 0.731. The van der Waals surface area contributed by atoms with Crippen molar-refractivity contribution in [3.63, 3.8) is 0 Å². The van der Waals surface area contributed by atoms with Crippen molar-refractivity contribution in [2.24, 2.45) is 0 Å². The first-order valence-electron chi connectivity index (χ1n) is 9.90. The third-order valence-electron chi connectivity index (χ3n) is 5.18. The number of rotatable bonds is 7. The number of aryl methyl sites for hydroxylation is 1. The number of thioether (sulfide) groups is 1. The van der Waals surface area contributed by atoms with E-state index in [-0.39, 0.29) is 28.9 Å². The molecule has 0 aromatic heterocycles. The first-order valence-corrected chi connectivity index (χ1v) is 11.0. The Kier molecular flexibility index (Phi) is 7.20. The monoisotopic (exact) mass is 412 g/mol. The molecule has 1 aliphatic heterocycles. The van der Waals surface area contributed by atoms with Crippen LogP contribution in [0.25, 0.3) is 0 Å². The molecular weight excluding hydrogens is 384 g/mol. The Labute approximate surface area is 176 Å². The molecule has 1 aliphatic rings. The first kappa shape index (κ1) is 21.2. The molecule has 0 radical (unpaired) electrons. The van der Waals surface area contributed by atoms with E-state index in [0.717, 1.165) is 42.0 Å². The van der Waals surface area contributed by atoms with E-state index in [0.29, 0.717) is 0 Å². The number of carbonyl (C=O) groups excluding carboxylic acids is 2. The maximum Gasteiger partial charge on any atom is 0.235 e. The smallest absolute Gasteiger partial charge is 0.235 e. The highest BCUT2D eigenvalue weighted by molar-refractivity contribution is 8.01. The summed E-state index contributed by atoms with van der Waals surface area (Å²) >= 11 is 1.38. The van der Waals surface area contributed by atoms with Crippen LogP contribution in [-0.2, 0) is 9.59 Å². The van der Waals surface area contributed by atoms with Crippen LogP contribution in [0.3, 0.4) is 0 Å². The lowest BCUT2D eigenvalue weighted by Gasteiger charge is -2.27. The fraction of sp³-hybridized carbons (Fsp3) is 0.391. The molecule has 154 valence electrons. The highest BCUT2D eigenvalue weighted by Crippen LogP contribution is 2.34. The van der Waals surface area contributed by atoms with E-state index in [9.17, 15) is 9.59 Å². The van der Waals surface area contributed by atoms with Gasteiger partial charge in [-0.2, -0.15) is 0 Å². The van der Waals surface area contributed by atoms with Gasteiger partial charge in [-0.15, -0.1) is 11.8 Å². The second-order valence-corrected chi connectivity index (χ2v) is 8.66. The minimum absolute atomic E-state index is 0.0911. The minimum atomic E-state index is -0.266. The predicted octanol–water partition coefficient (Wildman–Crippen LogP) is 4.43. The molecule has 0 unspecified atom stereocenters. The Morgan fingerprint density at radius 1 is 1.17 bits per heavy atom. The highest BCUT2D eigenvalue weighted by Gasteiger charge is 2.32. The molecule has 1 saturated heterocycles. The van der Waals surface area contributed by atoms with Crippen molar-refractivity contribution < 1.29 is 14.3 Å². The molecule has 6 heteroatoms. The largest absolute Gasteiger partial charge is 0.497 e. The number of methoxy groups -OCH3 is 1. The third kappa shape index (κ3) is 5.54. The molecule has 1 heterocycles. The normalized spacial score (nSPS) is 17.1. The predicted molar refractivity (Wildman–Crippen MR) is 118 cm³/mol. The number of hydrogen-bond acceptors (Lipinski definition) is 4. The van der Waals surface area contributed by atoms with Gasteiger partial charge in [-0.05, 0) is 56.5 Å². The van der Waals surface area contributed by atoms with Crippen LogP contribution in [0.15, 0.2) is 48.5 Å². The molecule has 0 saturated carbocycles. The molecule has 5 nitrogen and oxygen atoms in total. The van der Waals surface area contributed by atoms with Gasteiger partial charge in [-0.3, -0.25) is 9.59 Å². The van der Waals surface area contributed by atoms with Gasteiger partial charge in [-0.1, -0.05) is 29.8 Å². The van der Waals surface area contributed by atoms with Crippen LogP contribution < -0.4 is 10.1 Å². The molecule has 1 N–H and O–H groups in total. The molecular formula is C23H28N2O3S. The Hall–Kier alpha value is -2.47. The van der Waals surface area contributed by atoms with Crippen LogP contribution in [0.2, 0.25) is 0 Å². The van der Waals surface area contributed by atoms with Gasteiger partial charge in [-0.25, -0.2) is 0 Å². The Balaban J connectivity index is 1.54. The van der Waals surface area contributed by atoms with Gasteiger partial charge in [0.05, 0.1) is 24.2 Å². The van der Waals surface area contributed by atoms with Crippen LogP contribution in [0, 0.1) is 6.92 Å². The average molecular weight is 413 g/mol. The summed E-state index contributed by atoms with van der Waals surface area (Å²) in [6.45, 7) is 4.65. The molecule has 29 heavy (non-hydrogen) atoms. The van der Waals surface area contributed by atoms with Crippen LogP contribution in [-0.4, -0.2) is 41.4 Å². The minimum Gasteiger partial charge on any atom is -0.497 e. The SMILES string of the molecule is COc1ccc([C@H]2CCCN2C(=O)[C@H](C)SCC(=O)Nc2ccc(C)cc2)cc1. The first-order chi connectivity index (χ1) is 14.0. The molecule has 0 spiro atoms. The molecule has 1 fully saturated rings. The number of likely N-dealkylation sites (tertiary alicyclic amines) is 1. The molecule has 2 aromatic rings. The van der Waals surface area contributed by atoms with Crippen molar-refractivity contribution in [2.75, 3.05) is 24.7 Å². The maximum atomic E-state index is 13.0. The molecule has 0 aliphatic carbocycles. The van der Waals surface area contributed by atoms with Gasteiger partial charge in [0.25, 0.3) is 0 Å². The van der Waals surface area contributed by atoms with Gasteiger partial charge < -0.3 is 15.0 Å². The van der Waals surface area contributed by atoms with Crippen LogP contribution in [0.1, 0.15) is 36.9 Å². The number of nitrogens with zero attached hydrogens (tertiary/aromatic N) is 1. The molecule has 3 rings (SSSR count). The van der Waals surface area contributed by atoms with E-state index >= 15 is 0 Å². The van der Waals surface area contributed by atoms with Crippen molar-refractivity contribution in [1.82, 2.24) is 4.90 Å². The van der Waals surface area contributed by atoms with Crippen molar-refractivity contribution in [1.29, 1.82) is 0 Å². The number of ether oxygens (including phenoxy) is 1. The van der Waals surface area contributed by atoms with Crippen molar-refractivity contribution in [2.45, 2.75) is 38.0 Å². The lowest BCUT2D eigenvalue weighted by molar-refractivity contribution is -0.131. The standard InChI is InChI=1S/C23H28N2O3S/c1-16-6-10-19(11-7-16)24-22(26)15-29-17(2)23(27)25-14-4-5-21(25)18-8-12-20(28-3)13-9-18/h6-13,17,21H,4-5,14-15H2,1-3H3,(H,24,26)/t17-,21+/m0/s1. The summed E-state index contributed by atoms with van der Waals surface area (Å²) in [5.74, 6) is 1.07. The van der Waals surface area contributed by atoms with E-state index in [2.05, 4.69) is 5.32 Å². The van der Waals surface area contributed by atoms with Crippen LogP contribution in [0.4, 0.5) is 5.69 Å². The number of carbonyl (C=O) groups is 2. The van der Waals surface area contributed by atoms with Gasteiger partial charge in [0.15, 0.2) is 0 Å². The lowest BCUT2D eigenvalue weighted by Crippen LogP contribution is -2.36. The molecule has 2 atom stereocenters. The fourth-order valence-electron chi connectivity index (χ4n) is 3.54. The maximum absolute atomic E-state index is 13.0. The van der Waals surface area contributed by atoms with Crippen molar-refractivity contribution >= 4 is 29.3 Å². The second kappa shape index (κ2) is 9.83. The topological polar surface area (TPSA) is 58.6 Å². The summed E-state index contributed by atoms with van der Waals surface area (Å²) < 4.78 is 5.23. The Bertz CT molecular complexity index is 836. The number of hydrogen-bond donors (Lipinski definition) is 1. The number of amides is 2. The average Bonchev–Trinajstić information content (AvgIpc) is 3.23. The number of anilines is 1. The van der Waals surface area contributed by atoms with Gasteiger partial charge in [0, 0.05) is 12.2 Å². The summed E-state index contributed by atoms with van der Waals surface area (Å²) in [6, 6.07) is 15.7. The lowest BCUT2D eigenvalue weighted by atomic mass is 10.0. The summed E-state index contributed by atoms with van der Waals surface area (Å²) in [4.78, 5) is 27.2. The summed E-state index contributed by atoms with van der Waals surface area (Å²) in [7, 11) is 1.65. The van der Waals surface area contributed by atoms with Gasteiger partial charge >= 0.3 is 0 Å². The third-order valence-corrected chi connectivity index (χ3v) is 6.31. The molecule has 0 bridgehead atoms. The second-order valence-electron chi connectivity index (χ2n) is 7.33. The van der Waals surface area contributed by atoms with E-state index in [4.69, 9.17) is 4.74 Å². The van der Waals surface area contributed by atoms with E-state index in [1.165, 1.54) is 11.8 Å². The summed E-state index contributed by atoms with van der Waals surface area (Å²) in [6.07, 6.45) is 1.96. The van der Waals surface area contributed by atoms with E-state index in [1.807, 2.05) is 67.3 Å². The van der Waals surface area contributed by atoms with Crippen LogP contribution >= 0.6 is 11.8 Å². The van der Waals surface area contributed by atoms with Gasteiger partial charge in [0.1, 0.15) is 5.75 Å². The zero-order chi connectivity index (χ0) is 20.8. The molecule has 2 amide bonds. The zero-order valence-corrected chi connectivity index (χ0v) is 18.0. The van der Waals surface area contributed by atoms with Crippen molar-refractivity contribution in [3.05, 3.63) is 59.7 Å². The van der Waals surface area contributed by atoms with Gasteiger partial charge in [0.2, 0.25) is 11.8 Å². The van der Waals surface area contributed by atoms with Crippen LogP contribution in [0.5, 0.6) is 5.75 Å². The highest BCUT2D eigenvalue weighted by atomic mass is 32.2.